The number of nitrogens with zero attached hydrogens (tertiary/aromatic N) is 1. The van der Waals surface area contributed by atoms with Gasteiger partial charge in [0.2, 0.25) is 23.6 Å². The smallest absolute Gasteiger partial charge is 0.244 e. The van der Waals surface area contributed by atoms with Gasteiger partial charge in [-0.05, 0) is 24.8 Å². The minimum absolute atomic E-state index is 0.0234. The molecule has 0 aliphatic carbocycles. The summed E-state index contributed by atoms with van der Waals surface area (Å²) in [6, 6.07) is 5.15. The minimum Gasteiger partial charge on any atom is -0.370 e. The molecular weight excluding hydrogens is 492 g/mol. The van der Waals surface area contributed by atoms with E-state index in [0.717, 1.165) is 5.56 Å². The number of carbonyl (C=O) groups excluding carboxylic acids is 4. The van der Waals surface area contributed by atoms with E-state index >= 15 is 0 Å². The molecule has 4 amide bonds. The molecule has 0 unspecified atom stereocenters. The molecule has 0 spiro atoms. The molecule has 194 valence electrons. The molecule has 0 fully saturated rings. The molecule has 0 radical (unpaired) electrons. The first kappa shape index (κ1) is 30.1. The number of thiol groups is 2. The quantitative estimate of drug-likeness (QED) is 0.0513. The van der Waals surface area contributed by atoms with Gasteiger partial charge < -0.3 is 38.9 Å². The van der Waals surface area contributed by atoms with Crippen LogP contribution in [0.25, 0.3) is 0 Å². The Morgan fingerprint density at radius 1 is 0.829 bits per heavy atom. The zero-order valence-electron chi connectivity index (χ0n) is 19.2. The average molecular weight is 527 g/mol. The number of hydrogen-bond acceptors (Lipinski definition) is 8. The first-order valence-corrected chi connectivity index (χ1v) is 12.1. The summed E-state index contributed by atoms with van der Waals surface area (Å²) in [6.45, 7) is 0.217. The van der Waals surface area contributed by atoms with Gasteiger partial charge in [0.05, 0.1) is 6.04 Å². The second-order valence-electron chi connectivity index (χ2n) is 7.70. The molecule has 0 aliphatic rings. The van der Waals surface area contributed by atoms with Crippen LogP contribution in [0.1, 0.15) is 18.4 Å². The highest BCUT2D eigenvalue weighted by atomic mass is 32.1. The molecule has 11 N–H and O–H groups in total. The molecule has 0 bridgehead atoms. The van der Waals surface area contributed by atoms with E-state index in [2.05, 4.69) is 46.2 Å². The fraction of sp³-hybridized carbons (Fsp3) is 0.476. The Kier molecular flexibility index (Phi) is 13.6. The summed E-state index contributed by atoms with van der Waals surface area (Å²) >= 11 is 8.14. The van der Waals surface area contributed by atoms with Crippen LogP contribution in [-0.4, -0.2) is 71.8 Å². The van der Waals surface area contributed by atoms with Crippen molar-refractivity contribution in [3.8, 4) is 0 Å². The number of nitrogens with one attached hydrogen (secondary N) is 3. The maximum absolute atomic E-state index is 12.9. The standard InChI is InChI=1S/C21H34N8O4S2/c22-13(9-12-5-2-1-3-6-12)18(31)29-16(11-35)20(33)27-14(7-4-8-26-21(24)25)19(32)28-15(10-34)17(23)30/h1-3,5-6,13-16,34-35H,4,7-11,22H2,(H2,23,30)(H,27,33)(H,28,32)(H,29,31)(H4,24,25,26)/t13-,14-,15-,16-/m0/s1. The summed E-state index contributed by atoms with van der Waals surface area (Å²) in [6.07, 6.45) is 0.771. The zero-order valence-corrected chi connectivity index (χ0v) is 21.0. The second-order valence-corrected chi connectivity index (χ2v) is 8.43. The highest BCUT2D eigenvalue weighted by Crippen LogP contribution is 2.04. The number of aliphatic imine (C=N–C) groups is 1. The van der Waals surface area contributed by atoms with Crippen molar-refractivity contribution in [1.29, 1.82) is 0 Å². The number of carbonyl (C=O) groups is 4. The van der Waals surface area contributed by atoms with Gasteiger partial charge in [0.15, 0.2) is 5.96 Å². The first-order chi connectivity index (χ1) is 16.6. The van der Waals surface area contributed by atoms with Crippen LogP contribution in [0, 0.1) is 0 Å². The Hall–Kier alpha value is -2.97. The van der Waals surface area contributed by atoms with E-state index in [0.29, 0.717) is 6.42 Å². The largest absolute Gasteiger partial charge is 0.370 e. The van der Waals surface area contributed by atoms with Crippen molar-refractivity contribution in [2.75, 3.05) is 18.1 Å². The molecular formula is C21H34N8O4S2. The van der Waals surface area contributed by atoms with Crippen molar-refractivity contribution in [1.82, 2.24) is 16.0 Å². The summed E-state index contributed by atoms with van der Waals surface area (Å²) in [5.74, 6) is -2.78. The normalized spacial score (nSPS) is 14.0. The van der Waals surface area contributed by atoms with Crippen molar-refractivity contribution in [3.63, 3.8) is 0 Å². The van der Waals surface area contributed by atoms with E-state index in [1.807, 2.05) is 30.3 Å². The van der Waals surface area contributed by atoms with Gasteiger partial charge in [-0.2, -0.15) is 25.3 Å². The minimum atomic E-state index is -1.06. The number of amides is 4. The molecule has 0 heterocycles. The number of rotatable bonds is 15. The van der Waals surface area contributed by atoms with Gasteiger partial charge in [-0.15, -0.1) is 0 Å². The third kappa shape index (κ3) is 11.3. The molecule has 12 nitrogen and oxygen atoms in total. The van der Waals surface area contributed by atoms with E-state index in [-0.39, 0.29) is 36.9 Å². The lowest BCUT2D eigenvalue weighted by Gasteiger charge is -2.24. The summed E-state index contributed by atoms with van der Waals surface area (Å²) in [4.78, 5) is 53.5. The summed E-state index contributed by atoms with van der Waals surface area (Å²) in [5, 5.41) is 7.58. The molecule has 0 saturated heterocycles. The van der Waals surface area contributed by atoms with Gasteiger partial charge in [-0.25, -0.2) is 0 Å². The molecule has 1 rings (SSSR count). The van der Waals surface area contributed by atoms with Crippen LogP contribution in [0.5, 0.6) is 0 Å². The molecule has 0 aromatic heterocycles. The third-order valence-corrected chi connectivity index (χ3v) is 5.60. The highest BCUT2D eigenvalue weighted by molar-refractivity contribution is 7.80. The number of primary amides is 1. The maximum atomic E-state index is 12.9. The van der Waals surface area contributed by atoms with Crippen molar-refractivity contribution in [2.45, 2.75) is 43.4 Å². The topological polar surface area (TPSA) is 221 Å². The summed E-state index contributed by atoms with van der Waals surface area (Å²) < 4.78 is 0. The molecule has 35 heavy (non-hydrogen) atoms. The first-order valence-electron chi connectivity index (χ1n) is 10.9. The lowest BCUT2D eigenvalue weighted by molar-refractivity contribution is -0.133. The Labute approximate surface area is 215 Å². The molecule has 0 saturated carbocycles. The number of nitrogens with two attached hydrogens (primary N) is 4. The van der Waals surface area contributed by atoms with Crippen LogP contribution < -0.4 is 38.9 Å². The van der Waals surface area contributed by atoms with Gasteiger partial charge in [0, 0.05) is 18.1 Å². The Bertz CT molecular complexity index is 883. The number of hydrogen-bond donors (Lipinski definition) is 9. The van der Waals surface area contributed by atoms with Crippen LogP contribution >= 0.6 is 25.3 Å². The lowest BCUT2D eigenvalue weighted by Crippen LogP contribution is -2.58. The van der Waals surface area contributed by atoms with Crippen molar-refractivity contribution in [3.05, 3.63) is 35.9 Å². The monoisotopic (exact) mass is 526 g/mol. The van der Waals surface area contributed by atoms with Crippen LogP contribution in [0.4, 0.5) is 0 Å². The fourth-order valence-corrected chi connectivity index (χ4v) is 3.49. The van der Waals surface area contributed by atoms with E-state index < -0.39 is 47.8 Å². The van der Waals surface area contributed by atoms with Gasteiger partial charge in [0.25, 0.3) is 0 Å². The van der Waals surface area contributed by atoms with Crippen LogP contribution in [0.15, 0.2) is 35.3 Å². The lowest BCUT2D eigenvalue weighted by atomic mass is 10.1. The van der Waals surface area contributed by atoms with E-state index in [1.165, 1.54) is 0 Å². The van der Waals surface area contributed by atoms with Gasteiger partial charge in [-0.1, -0.05) is 30.3 Å². The maximum Gasteiger partial charge on any atom is 0.244 e. The second kappa shape index (κ2) is 15.8. The van der Waals surface area contributed by atoms with Crippen molar-refractivity contribution >= 4 is 54.8 Å². The summed E-state index contributed by atoms with van der Waals surface area (Å²) in [7, 11) is 0. The van der Waals surface area contributed by atoms with E-state index in [4.69, 9.17) is 22.9 Å². The van der Waals surface area contributed by atoms with E-state index in [1.54, 1.807) is 0 Å². The predicted molar refractivity (Wildman–Crippen MR) is 141 cm³/mol. The summed E-state index contributed by atoms with van der Waals surface area (Å²) in [5.41, 5.74) is 22.7. The Balaban J connectivity index is 2.84. The molecule has 1 aromatic rings. The van der Waals surface area contributed by atoms with E-state index in [9.17, 15) is 19.2 Å². The highest BCUT2D eigenvalue weighted by Gasteiger charge is 2.29. The van der Waals surface area contributed by atoms with Crippen LogP contribution in [0.3, 0.4) is 0 Å². The van der Waals surface area contributed by atoms with Gasteiger partial charge >= 0.3 is 0 Å². The van der Waals surface area contributed by atoms with Crippen LogP contribution in [-0.2, 0) is 25.6 Å². The molecule has 1 aromatic carbocycles. The predicted octanol–water partition coefficient (Wildman–Crippen LogP) is -2.59. The Morgan fingerprint density at radius 2 is 1.37 bits per heavy atom. The van der Waals surface area contributed by atoms with Crippen LogP contribution in [0.2, 0.25) is 0 Å². The SMILES string of the molecule is NC(=O)[C@H](CS)NC(=O)[C@H](CCCN=C(N)N)NC(=O)[C@H](CS)NC(=O)[C@@H](N)Cc1ccccc1. The Morgan fingerprint density at radius 3 is 1.91 bits per heavy atom. The van der Waals surface area contributed by atoms with Gasteiger partial charge in [-0.3, -0.25) is 24.2 Å². The fourth-order valence-electron chi connectivity index (χ4n) is 2.96. The van der Waals surface area contributed by atoms with Gasteiger partial charge in [0.1, 0.15) is 18.1 Å². The van der Waals surface area contributed by atoms with Crippen molar-refractivity contribution < 1.29 is 19.2 Å². The zero-order chi connectivity index (χ0) is 26.4. The molecule has 0 aliphatic heterocycles. The number of guanidine groups is 1. The van der Waals surface area contributed by atoms with Crippen molar-refractivity contribution in [2.24, 2.45) is 27.9 Å². The number of benzene rings is 1. The molecule has 14 heteroatoms. The average Bonchev–Trinajstić information content (AvgIpc) is 2.82. The molecule has 4 atom stereocenters. The third-order valence-electron chi connectivity index (χ3n) is 4.87.